The number of hydrogen-bond donors (Lipinski definition) is 1. The van der Waals surface area contributed by atoms with Crippen LogP contribution in [0.5, 0.6) is 0 Å². The van der Waals surface area contributed by atoms with Gasteiger partial charge in [-0.2, -0.15) is 5.26 Å². The van der Waals surface area contributed by atoms with Gasteiger partial charge in [0.25, 0.3) is 5.56 Å². The normalized spacial score (nSPS) is 10.9. The molecule has 8 heteroatoms. The zero-order valence-corrected chi connectivity index (χ0v) is 15.1. The fourth-order valence-electron chi connectivity index (χ4n) is 3.22. The van der Waals surface area contributed by atoms with E-state index in [4.69, 9.17) is 5.26 Å². The molecule has 28 heavy (non-hydrogen) atoms. The summed E-state index contributed by atoms with van der Waals surface area (Å²) in [6, 6.07) is 16.0. The van der Waals surface area contributed by atoms with Gasteiger partial charge in [0.2, 0.25) is 11.6 Å². The lowest BCUT2D eigenvalue weighted by Gasteiger charge is -2.12. The number of benzene rings is 2. The van der Waals surface area contributed by atoms with Crippen molar-refractivity contribution in [2.75, 3.05) is 5.32 Å². The zero-order valence-electron chi connectivity index (χ0n) is 15.1. The van der Waals surface area contributed by atoms with E-state index in [-0.39, 0.29) is 23.7 Å². The molecule has 0 aliphatic heterocycles. The average molecular weight is 372 g/mol. The maximum Gasteiger partial charge on any atom is 0.297 e. The number of nitriles is 1. The molecule has 0 spiro atoms. The number of nitrogens with one attached hydrogen (secondary N) is 1. The lowest BCUT2D eigenvalue weighted by molar-refractivity contribution is -0.116. The maximum atomic E-state index is 13.0. The van der Waals surface area contributed by atoms with Crippen LogP contribution in [-0.4, -0.2) is 25.1 Å². The third-order valence-electron chi connectivity index (χ3n) is 4.47. The van der Waals surface area contributed by atoms with Crippen molar-refractivity contribution in [2.24, 2.45) is 0 Å². The minimum Gasteiger partial charge on any atom is -0.324 e. The highest BCUT2D eigenvalue weighted by molar-refractivity contribution is 5.92. The highest BCUT2D eigenvalue weighted by Gasteiger charge is 2.17. The Morgan fingerprint density at radius 1 is 1.14 bits per heavy atom. The Hall–Kier alpha value is -3.99. The minimum absolute atomic E-state index is 0.180. The Bertz CT molecular complexity index is 1310. The number of rotatable bonds is 4. The SMILES string of the molecule is CCc1nnc2c(=O)n(CC(=O)Nc3cccc(C#N)c3)c3ccccc3n12. The summed E-state index contributed by atoms with van der Waals surface area (Å²) >= 11 is 0. The van der Waals surface area contributed by atoms with Gasteiger partial charge in [0.1, 0.15) is 12.4 Å². The third-order valence-corrected chi connectivity index (χ3v) is 4.47. The molecule has 2 aromatic carbocycles. The number of para-hydroxylation sites is 2. The summed E-state index contributed by atoms with van der Waals surface area (Å²) in [4.78, 5) is 25.6. The largest absolute Gasteiger partial charge is 0.324 e. The van der Waals surface area contributed by atoms with E-state index in [1.165, 1.54) is 4.57 Å². The number of hydrogen-bond acceptors (Lipinski definition) is 5. The van der Waals surface area contributed by atoms with E-state index in [0.717, 1.165) is 5.52 Å². The van der Waals surface area contributed by atoms with Gasteiger partial charge in [0.05, 0.1) is 22.7 Å². The molecule has 0 fully saturated rings. The fraction of sp³-hybridized carbons (Fsp3) is 0.150. The van der Waals surface area contributed by atoms with Gasteiger partial charge in [-0.3, -0.25) is 18.6 Å². The number of carbonyl (C=O) groups excluding carboxylic acids is 1. The number of anilines is 1. The molecule has 1 amide bonds. The summed E-state index contributed by atoms with van der Waals surface area (Å²) in [5.74, 6) is 0.315. The predicted molar refractivity (Wildman–Crippen MR) is 104 cm³/mol. The van der Waals surface area contributed by atoms with Crippen LogP contribution in [0.15, 0.2) is 53.3 Å². The van der Waals surface area contributed by atoms with Crippen LogP contribution in [-0.2, 0) is 17.8 Å². The van der Waals surface area contributed by atoms with Crippen LogP contribution in [0, 0.1) is 11.3 Å². The molecule has 8 nitrogen and oxygen atoms in total. The smallest absolute Gasteiger partial charge is 0.297 e. The lowest BCUT2D eigenvalue weighted by atomic mass is 10.2. The molecule has 0 unspecified atom stereocenters. The lowest BCUT2D eigenvalue weighted by Crippen LogP contribution is -2.29. The van der Waals surface area contributed by atoms with Gasteiger partial charge in [-0.1, -0.05) is 25.1 Å². The van der Waals surface area contributed by atoms with E-state index < -0.39 is 0 Å². The van der Waals surface area contributed by atoms with E-state index in [1.807, 2.05) is 31.2 Å². The van der Waals surface area contributed by atoms with Crippen LogP contribution in [0.25, 0.3) is 16.7 Å². The van der Waals surface area contributed by atoms with Crippen molar-refractivity contribution in [2.45, 2.75) is 19.9 Å². The quantitative estimate of drug-likeness (QED) is 0.591. The maximum absolute atomic E-state index is 13.0. The standard InChI is InChI=1S/C20H16N6O2/c1-2-17-23-24-19-20(28)25(15-8-3-4-9-16(15)26(17)19)12-18(27)22-14-7-5-6-13(10-14)11-21/h3-10H,2,12H2,1H3,(H,22,27). The van der Waals surface area contributed by atoms with Crippen molar-refractivity contribution >= 4 is 28.3 Å². The van der Waals surface area contributed by atoms with Gasteiger partial charge in [-0.15, -0.1) is 10.2 Å². The van der Waals surface area contributed by atoms with Gasteiger partial charge in [0.15, 0.2) is 0 Å². The van der Waals surface area contributed by atoms with Crippen LogP contribution in [0.3, 0.4) is 0 Å². The predicted octanol–water partition coefficient (Wildman–Crippen LogP) is 2.12. The van der Waals surface area contributed by atoms with Crippen molar-refractivity contribution in [1.29, 1.82) is 5.26 Å². The number of carbonyl (C=O) groups is 1. The molecule has 0 radical (unpaired) electrons. The number of aromatic nitrogens is 4. The fourth-order valence-corrected chi connectivity index (χ4v) is 3.22. The van der Waals surface area contributed by atoms with E-state index >= 15 is 0 Å². The molecule has 138 valence electrons. The van der Waals surface area contributed by atoms with Gasteiger partial charge < -0.3 is 5.32 Å². The first kappa shape index (κ1) is 17.4. The number of aryl methyl sites for hydroxylation is 1. The van der Waals surface area contributed by atoms with Crippen LogP contribution in [0.2, 0.25) is 0 Å². The Balaban J connectivity index is 1.78. The summed E-state index contributed by atoms with van der Waals surface area (Å²) in [5, 5.41) is 19.8. The first-order valence-electron chi connectivity index (χ1n) is 8.78. The first-order valence-corrected chi connectivity index (χ1v) is 8.78. The summed E-state index contributed by atoms with van der Waals surface area (Å²) in [6.45, 7) is 1.76. The molecule has 4 rings (SSSR count). The molecule has 0 aliphatic rings. The molecule has 4 aromatic rings. The molecule has 2 heterocycles. The van der Waals surface area contributed by atoms with Crippen LogP contribution in [0.1, 0.15) is 18.3 Å². The molecular weight excluding hydrogens is 356 g/mol. The monoisotopic (exact) mass is 372 g/mol. The molecular formula is C20H16N6O2. The van der Waals surface area contributed by atoms with Crippen LogP contribution in [0.4, 0.5) is 5.69 Å². The van der Waals surface area contributed by atoms with Crippen molar-refractivity contribution in [3.8, 4) is 6.07 Å². The molecule has 2 aromatic heterocycles. The summed E-state index contributed by atoms with van der Waals surface area (Å²) in [6.07, 6.45) is 0.629. The number of nitrogens with zero attached hydrogens (tertiary/aromatic N) is 5. The Labute approximate surface area is 159 Å². The molecule has 0 saturated heterocycles. The molecule has 0 saturated carbocycles. The first-order chi connectivity index (χ1) is 13.6. The van der Waals surface area contributed by atoms with Gasteiger partial charge in [-0.05, 0) is 30.3 Å². The van der Waals surface area contributed by atoms with Crippen LogP contribution >= 0.6 is 0 Å². The second-order valence-electron chi connectivity index (χ2n) is 6.25. The van der Waals surface area contributed by atoms with Gasteiger partial charge >= 0.3 is 0 Å². The number of fused-ring (bicyclic) bond motifs is 3. The molecule has 0 atom stereocenters. The van der Waals surface area contributed by atoms with E-state index in [1.54, 1.807) is 34.7 Å². The second kappa shape index (κ2) is 6.96. The summed E-state index contributed by atoms with van der Waals surface area (Å²) in [5.41, 5.74) is 2.13. The Morgan fingerprint density at radius 2 is 1.93 bits per heavy atom. The highest BCUT2D eigenvalue weighted by atomic mass is 16.2. The van der Waals surface area contributed by atoms with Crippen molar-refractivity contribution in [3.63, 3.8) is 0 Å². The average Bonchev–Trinajstić information content (AvgIpc) is 3.16. The van der Waals surface area contributed by atoms with Crippen molar-refractivity contribution < 1.29 is 4.79 Å². The molecule has 0 bridgehead atoms. The second-order valence-corrected chi connectivity index (χ2v) is 6.25. The van der Waals surface area contributed by atoms with Gasteiger partial charge in [0, 0.05) is 12.1 Å². The van der Waals surface area contributed by atoms with E-state index in [2.05, 4.69) is 15.5 Å². The van der Waals surface area contributed by atoms with Crippen molar-refractivity contribution in [1.82, 2.24) is 19.2 Å². The molecule has 0 aliphatic carbocycles. The van der Waals surface area contributed by atoms with Crippen molar-refractivity contribution in [3.05, 3.63) is 70.3 Å². The summed E-state index contributed by atoms with van der Waals surface area (Å²) < 4.78 is 3.13. The minimum atomic E-state index is -0.383. The highest BCUT2D eigenvalue weighted by Crippen LogP contribution is 2.16. The zero-order chi connectivity index (χ0) is 19.7. The Morgan fingerprint density at radius 3 is 2.68 bits per heavy atom. The van der Waals surface area contributed by atoms with E-state index in [0.29, 0.717) is 29.0 Å². The third kappa shape index (κ3) is 2.89. The van der Waals surface area contributed by atoms with E-state index in [9.17, 15) is 9.59 Å². The summed E-state index contributed by atoms with van der Waals surface area (Å²) in [7, 11) is 0. The topological polar surface area (TPSA) is 105 Å². The number of amides is 1. The van der Waals surface area contributed by atoms with Gasteiger partial charge in [-0.25, -0.2) is 0 Å². The Kier molecular flexibility index (Phi) is 4.33. The molecule has 1 N–H and O–H groups in total. The van der Waals surface area contributed by atoms with Crippen LogP contribution < -0.4 is 10.9 Å².